The van der Waals surface area contributed by atoms with E-state index in [-0.39, 0.29) is 12.5 Å². The summed E-state index contributed by atoms with van der Waals surface area (Å²) in [5.74, 6) is 1.83. The second-order valence-electron chi connectivity index (χ2n) is 7.33. The average molecular weight is 441 g/mol. The summed E-state index contributed by atoms with van der Waals surface area (Å²) in [4.78, 5) is 20.1. The minimum atomic E-state index is -0.170. The number of aromatic nitrogens is 1. The lowest BCUT2D eigenvalue weighted by molar-refractivity contribution is 0.0983. The quantitative estimate of drug-likeness (QED) is 0.290. The fraction of sp³-hybridized carbons (Fsp3) is 0.0769. The Morgan fingerprint density at radius 1 is 0.969 bits per heavy atom. The zero-order chi connectivity index (χ0) is 21.9. The molecular weight excluding hydrogens is 420 g/mol. The minimum absolute atomic E-state index is 0.170. The van der Waals surface area contributed by atoms with Crippen molar-refractivity contribution in [2.24, 2.45) is 0 Å². The fourth-order valence-corrected chi connectivity index (χ4v) is 4.49. The molecule has 5 nitrogen and oxygen atoms in total. The molecule has 0 aliphatic heterocycles. The maximum atomic E-state index is 13.6. The number of fused-ring (bicyclic) bond motifs is 1. The molecule has 0 fully saturated rings. The van der Waals surface area contributed by atoms with Crippen LogP contribution in [0, 0.1) is 6.92 Å². The van der Waals surface area contributed by atoms with Crippen LogP contribution in [0.1, 0.15) is 21.7 Å². The van der Waals surface area contributed by atoms with Crippen molar-refractivity contribution >= 4 is 32.6 Å². The van der Waals surface area contributed by atoms with E-state index in [1.54, 1.807) is 23.3 Å². The van der Waals surface area contributed by atoms with Crippen LogP contribution in [0.3, 0.4) is 0 Å². The van der Waals surface area contributed by atoms with Gasteiger partial charge in [-0.1, -0.05) is 47.7 Å². The third-order valence-corrected chi connectivity index (χ3v) is 6.08. The molecule has 0 N–H and O–H groups in total. The second-order valence-corrected chi connectivity index (χ2v) is 8.34. The monoisotopic (exact) mass is 440 g/mol. The lowest BCUT2D eigenvalue weighted by Gasteiger charge is -2.19. The Morgan fingerprint density at radius 2 is 1.78 bits per heavy atom. The van der Waals surface area contributed by atoms with Crippen molar-refractivity contribution in [1.29, 1.82) is 0 Å². The summed E-state index contributed by atoms with van der Waals surface area (Å²) in [5, 5.41) is 0.630. The smallest absolute Gasteiger partial charge is 0.260 e. The number of thiazole rings is 1. The number of amides is 1. The van der Waals surface area contributed by atoms with Gasteiger partial charge in [-0.2, -0.15) is 0 Å². The van der Waals surface area contributed by atoms with E-state index in [0.29, 0.717) is 28.0 Å². The maximum absolute atomic E-state index is 13.6. The number of carbonyl (C=O) groups excluding carboxylic acids is 1. The third kappa shape index (κ3) is 4.13. The molecule has 0 aliphatic carbocycles. The summed E-state index contributed by atoms with van der Waals surface area (Å²) in [5.41, 5.74) is 2.50. The summed E-state index contributed by atoms with van der Waals surface area (Å²) in [6.45, 7) is 2.31. The molecule has 2 heterocycles. The molecule has 0 aliphatic rings. The van der Waals surface area contributed by atoms with Gasteiger partial charge in [0.2, 0.25) is 0 Å². The van der Waals surface area contributed by atoms with Gasteiger partial charge < -0.3 is 9.15 Å². The Morgan fingerprint density at radius 3 is 2.56 bits per heavy atom. The molecule has 0 spiro atoms. The number of ether oxygens (including phenoxy) is 1. The van der Waals surface area contributed by atoms with Crippen LogP contribution in [0.15, 0.2) is 95.6 Å². The van der Waals surface area contributed by atoms with Gasteiger partial charge in [0.15, 0.2) is 5.13 Å². The van der Waals surface area contributed by atoms with Crippen molar-refractivity contribution in [2.75, 3.05) is 4.90 Å². The molecule has 2 aromatic heterocycles. The van der Waals surface area contributed by atoms with Gasteiger partial charge in [-0.05, 0) is 61.0 Å². The van der Waals surface area contributed by atoms with Crippen LogP contribution < -0.4 is 9.64 Å². The zero-order valence-corrected chi connectivity index (χ0v) is 18.2. The molecule has 158 valence electrons. The molecular formula is C26H20N2O3S. The van der Waals surface area contributed by atoms with Crippen molar-refractivity contribution in [2.45, 2.75) is 13.5 Å². The molecule has 0 radical (unpaired) electrons. The van der Waals surface area contributed by atoms with Gasteiger partial charge in [-0.15, -0.1) is 0 Å². The number of nitrogens with zero attached hydrogens (tertiary/aromatic N) is 2. The number of furan rings is 1. The van der Waals surface area contributed by atoms with Gasteiger partial charge in [0.25, 0.3) is 5.91 Å². The van der Waals surface area contributed by atoms with Gasteiger partial charge in [0.1, 0.15) is 17.3 Å². The normalized spacial score (nSPS) is 10.9. The van der Waals surface area contributed by atoms with E-state index in [1.165, 1.54) is 11.3 Å². The first-order valence-corrected chi connectivity index (χ1v) is 11.0. The van der Waals surface area contributed by atoms with Crippen LogP contribution in [0.25, 0.3) is 10.2 Å². The van der Waals surface area contributed by atoms with Crippen molar-refractivity contribution in [3.63, 3.8) is 0 Å². The maximum Gasteiger partial charge on any atom is 0.260 e. The van der Waals surface area contributed by atoms with Gasteiger partial charge in [-0.25, -0.2) is 4.98 Å². The predicted molar refractivity (Wildman–Crippen MR) is 127 cm³/mol. The molecule has 1 amide bonds. The summed E-state index contributed by atoms with van der Waals surface area (Å²) in [6.07, 6.45) is 1.61. The summed E-state index contributed by atoms with van der Waals surface area (Å²) in [7, 11) is 0. The van der Waals surface area contributed by atoms with E-state index < -0.39 is 0 Å². The number of hydrogen-bond donors (Lipinski definition) is 0. The fourth-order valence-electron chi connectivity index (χ4n) is 3.45. The summed E-state index contributed by atoms with van der Waals surface area (Å²) in [6, 6.07) is 26.4. The van der Waals surface area contributed by atoms with Crippen molar-refractivity contribution in [1.82, 2.24) is 4.98 Å². The number of rotatable bonds is 6. The van der Waals surface area contributed by atoms with E-state index in [2.05, 4.69) is 0 Å². The Bertz CT molecular complexity index is 1360. The molecule has 0 unspecified atom stereocenters. The number of aryl methyl sites for hydroxylation is 1. The molecule has 0 saturated heterocycles. The lowest BCUT2D eigenvalue weighted by Crippen LogP contribution is -2.30. The van der Waals surface area contributed by atoms with Crippen molar-refractivity contribution in [3.05, 3.63) is 108 Å². The van der Waals surface area contributed by atoms with Crippen LogP contribution in [0.2, 0.25) is 0 Å². The molecule has 0 bridgehead atoms. The first-order valence-electron chi connectivity index (χ1n) is 10.2. The molecule has 32 heavy (non-hydrogen) atoms. The number of hydrogen-bond acceptors (Lipinski definition) is 5. The van der Waals surface area contributed by atoms with Crippen LogP contribution in [-0.4, -0.2) is 10.9 Å². The third-order valence-electron chi connectivity index (χ3n) is 5.04. The summed E-state index contributed by atoms with van der Waals surface area (Å²) < 4.78 is 12.5. The highest BCUT2D eigenvalue weighted by Crippen LogP contribution is 2.33. The Balaban J connectivity index is 1.50. The van der Waals surface area contributed by atoms with Crippen LogP contribution >= 0.6 is 11.3 Å². The van der Waals surface area contributed by atoms with Crippen LogP contribution in [-0.2, 0) is 6.54 Å². The van der Waals surface area contributed by atoms with E-state index in [1.807, 2.05) is 79.7 Å². The topological polar surface area (TPSA) is 55.6 Å². The predicted octanol–water partition coefficient (Wildman–Crippen LogP) is 6.84. The Kier molecular flexibility index (Phi) is 5.44. The van der Waals surface area contributed by atoms with Gasteiger partial charge >= 0.3 is 0 Å². The number of anilines is 1. The molecule has 5 aromatic rings. The van der Waals surface area contributed by atoms with E-state index >= 15 is 0 Å². The molecule has 0 atom stereocenters. The van der Waals surface area contributed by atoms with E-state index in [0.717, 1.165) is 15.8 Å². The number of carbonyl (C=O) groups is 1. The minimum Gasteiger partial charge on any atom is -0.467 e. The van der Waals surface area contributed by atoms with Gasteiger partial charge in [0.05, 0.1) is 23.0 Å². The molecule has 6 heteroatoms. The first-order chi connectivity index (χ1) is 15.7. The second kappa shape index (κ2) is 8.69. The molecule has 5 rings (SSSR count). The highest BCUT2D eigenvalue weighted by molar-refractivity contribution is 7.22. The van der Waals surface area contributed by atoms with Gasteiger partial charge in [-0.3, -0.25) is 9.69 Å². The average Bonchev–Trinajstić information content (AvgIpc) is 3.48. The highest BCUT2D eigenvalue weighted by atomic mass is 32.1. The Hall–Kier alpha value is -3.90. The van der Waals surface area contributed by atoms with Crippen LogP contribution in [0.5, 0.6) is 11.5 Å². The van der Waals surface area contributed by atoms with Crippen molar-refractivity contribution in [3.8, 4) is 11.5 Å². The number of benzene rings is 3. The molecule has 3 aromatic carbocycles. The first kappa shape index (κ1) is 20.0. The zero-order valence-electron chi connectivity index (χ0n) is 17.4. The molecule has 0 saturated carbocycles. The Labute approximate surface area is 189 Å². The standard InChI is InChI=1S/C26H20N2O3S/c1-18-8-5-14-23-24(18)27-26(32-23)28(17-22-13-7-15-30-22)25(29)19-9-6-12-21(16-19)31-20-10-3-2-4-11-20/h2-16H,17H2,1H3. The van der Waals surface area contributed by atoms with Crippen LogP contribution in [0.4, 0.5) is 5.13 Å². The highest BCUT2D eigenvalue weighted by Gasteiger charge is 2.23. The SMILES string of the molecule is Cc1cccc2sc(N(Cc3ccco3)C(=O)c3cccc(Oc4ccccc4)c3)nc12. The van der Waals surface area contributed by atoms with Crippen molar-refractivity contribution < 1.29 is 13.9 Å². The largest absolute Gasteiger partial charge is 0.467 e. The van der Waals surface area contributed by atoms with Gasteiger partial charge in [0, 0.05) is 5.56 Å². The van der Waals surface area contributed by atoms with E-state index in [9.17, 15) is 4.79 Å². The number of para-hydroxylation sites is 2. The lowest BCUT2D eigenvalue weighted by atomic mass is 10.2. The summed E-state index contributed by atoms with van der Waals surface area (Å²) >= 11 is 1.49. The van der Waals surface area contributed by atoms with E-state index in [4.69, 9.17) is 14.1 Å².